The molecule has 0 bridgehead atoms. The molecule has 0 spiro atoms. The van der Waals surface area contributed by atoms with E-state index in [1.54, 1.807) is 6.20 Å². The summed E-state index contributed by atoms with van der Waals surface area (Å²) >= 11 is 0. The zero-order valence-corrected chi connectivity index (χ0v) is 5.62. The molecular weight excluding hydrogens is 128 g/mol. The Labute approximate surface area is 59.3 Å². The van der Waals surface area contributed by atoms with Gasteiger partial charge in [0.1, 0.15) is 12.1 Å². The van der Waals surface area contributed by atoms with Gasteiger partial charge in [-0.1, -0.05) is 0 Å². The third kappa shape index (κ3) is 1.41. The Morgan fingerprint density at radius 2 is 2.30 bits per heavy atom. The Morgan fingerprint density at radius 1 is 1.50 bits per heavy atom. The Kier molecular flexibility index (Phi) is 2.17. The molecule has 0 unspecified atom stereocenters. The molecule has 4 N–H and O–H groups in total. The van der Waals surface area contributed by atoms with Crippen LogP contribution in [0.25, 0.3) is 0 Å². The quantitative estimate of drug-likeness (QED) is 0.580. The summed E-state index contributed by atoms with van der Waals surface area (Å²) in [6.45, 7) is 0.581. The fraction of sp³-hybridized carbons (Fsp3) is 0.333. The maximum absolute atomic E-state index is 5.50. The van der Waals surface area contributed by atoms with Gasteiger partial charge >= 0.3 is 0 Å². The lowest BCUT2D eigenvalue weighted by Gasteiger charge is -1.98. The van der Waals surface area contributed by atoms with Crippen molar-refractivity contribution in [2.24, 2.45) is 5.73 Å². The summed E-state index contributed by atoms with van der Waals surface area (Å²) in [7, 11) is 0. The van der Waals surface area contributed by atoms with Gasteiger partial charge in [-0.15, -0.1) is 0 Å². The van der Waals surface area contributed by atoms with Crippen LogP contribution >= 0.6 is 0 Å². The molecule has 0 amide bonds. The van der Waals surface area contributed by atoms with E-state index in [2.05, 4.69) is 9.97 Å². The Morgan fingerprint density at radius 3 is 2.90 bits per heavy atom. The van der Waals surface area contributed by atoms with E-state index in [1.807, 2.05) is 0 Å². The van der Waals surface area contributed by atoms with Crippen molar-refractivity contribution in [2.45, 2.75) is 6.42 Å². The molecule has 1 aromatic rings. The SMILES string of the molecule is NCCc1cncnc1N. The van der Waals surface area contributed by atoms with Crippen LogP contribution in [0.4, 0.5) is 5.82 Å². The number of nitrogen functional groups attached to an aromatic ring is 1. The summed E-state index contributed by atoms with van der Waals surface area (Å²) in [6, 6.07) is 0. The van der Waals surface area contributed by atoms with Gasteiger partial charge in [0.2, 0.25) is 0 Å². The van der Waals surface area contributed by atoms with Crippen LogP contribution < -0.4 is 11.5 Å². The van der Waals surface area contributed by atoms with E-state index in [0.29, 0.717) is 12.4 Å². The van der Waals surface area contributed by atoms with E-state index in [1.165, 1.54) is 6.33 Å². The highest BCUT2D eigenvalue weighted by atomic mass is 14.9. The van der Waals surface area contributed by atoms with Gasteiger partial charge in [0, 0.05) is 11.8 Å². The summed E-state index contributed by atoms with van der Waals surface area (Å²) < 4.78 is 0. The zero-order valence-electron chi connectivity index (χ0n) is 5.62. The summed E-state index contributed by atoms with van der Waals surface area (Å²) in [4.78, 5) is 7.63. The number of anilines is 1. The molecule has 0 aromatic carbocycles. The average Bonchev–Trinajstić information content (AvgIpc) is 1.94. The summed E-state index contributed by atoms with van der Waals surface area (Å²) in [5, 5.41) is 0. The third-order valence-electron chi connectivity index (χ3n) is 1.24. The minimum atomic E-state index is 0.528. The monoisotopic (exact) mass is 138 g/mol. The number of rotatable bonds is 2. The van der Waals surface area contributed by atoms with Gasteiger partial charge in [0.05, 0.1) is 0 Å². The van der Waals surface area contributed by atoms with Crippen LogP contribution in [0.3, 0.4) is 0 Å². The number of hydrogen-bond acceptors (Lipinski definition) is 4. The van der Waals surface area contributed by atoms with Crippen molar-refractivity contribution in [2.75, 3.05) is 12.3 Å². The van der Waals surface area contributed by atoms with Gasteiger partial charge < -0.3 is 11.5 Å². The second-order valence-corrected chi connectivity index (χ2v) is 1.97. The smallest absolute Gasteiger partial charge is 0.130 e. The van der Waals surface area contributed by atoms with Gasteiger partial charge in [-0.2, -0.15) is 0 Å². The molecule has 54 valence electrons. The molecule has 4 nitrogen and oxygen atoms in total. The van der Waals surface area contributed by atoms with Crippen LogP contribution in [-0.2, 0) is 6.42 Å². The highest BCUT2D eigenvalue weighted by Crippen LogP contribution is 2.03. The highest BCUT2D eigenvalue weighted by molar-refractivity contribution is 5.36. The molecule has 1 aromatic heterocycles. The second-order valence-electron chi connectivity index (χ2n) is 1.97. The van der Waals surface area contributed by atoms with E-state index in [4.69, 9.17) is 11.5 Å². The van der Waals surface area contributed by atoms with Crippen molar-refractivity contribution in [3.63, 3.8) is 0 Å². The van der Waals surface area contributed by atoms with Gasteiger partial charge in [-0.3, -0.25) is 0 Å². The topological polar surface area (TPSA) is 77.8 Å². The minimum Gasteiger partial charge on any atom is -0.383 e. The maximum atomic E-state index is 5.50. The normalized spacial score (nSPS) is 9.70. The molecule has 4 heteroatoms. The Bertz CT molecular complexity index is 211. The molecule has 0 saturated carbocycles. The van der Waals surface area contributed by atoms with Crippen LogP contribution in [0.1, 0.15) is 5.56 Å². The minimum absolute atomic E-state index is 0.528. The summed E-state index contributed by atoms with van der Waals surface area (Å²) in [5.74, 6) is 0.528. The van der Waals surface area contributed by atoms with E-state index in [9.17, 15) is 0 Å². The molecule has 0 radical (unpaired) electrons. The number of hydrogen-bond donors (Lipinski definition) is 2. The van der Waals surface area contributed by atoms with Gasteiger partial charge in [-0.25, -0.2) is 9.97 Å². The van der Waals surface area contributed by atoms with Crippen LogP contribution in [0.2, 0.25) is 0 Å². The predicted octanol–water partition coefficient (Wildman–Crippen LogP) is -0.440. The first kappa shape index (κ1) is 6.95. The zero-order chi connectivity index (χ0) is 7.40. The molecule has 1 heterocycles. The standard InChI is InChI=1S/C6H10N4/c7-2-1-5-3-9-4-10-6(5)8/h3-4H,1-2,7H2,(H2,8,9,10). The lowest BCUT2D eigenvalue weighted by Crippen LogP contribution is -2.06. The van der Waals surface area contributed by atoms with Gasteiger partial charge in [-0.05, 0) is 13.0 Å². The van der Waals surface area contributed by atoms with Crippen LogP contribution in [0.15, 0.2) is 12.5 Å². The van der Waals surface area contributed by atoms with Gasteiger partial charge in [0.15, 0.2) is 0 Å². The Hall–Kier alpha value is -1.16. The first-order chi connectivity index (χ1) is 4.84. The molecule has 0 atom stereocenters. The molecule has 10 heavy (non-hydrogen) atoms. The largest absolute Gasteiger partial charge is 0.383 e. The average molecular weight is 138 g/mol. The van der Waals surface area contributed by atoms with Crippen molar-refractivity contribution in [3.8, 4) is 0 Å². The molecule has 0 saturated heterocycles. The molecule has 1 rings (SSSR count). The third-order valence-corrected chi connectivity index (χ3v) is 1.24. The maximum Gasteiger partial charge on any atom is 0.130 e. The van der Waals surface area contributed by atoms with Crippen molar-refractivity contribution < 1.29 is 0 Å². The number of nitrogens with zero attached hydrogens (tertiary/aromatic N) is 2. The highest BCUT2D eigenvalue weighted by Gasteiger charge is 1.96. The molecule has 0 aliphatic carbocycles. The van der Waals surface area contributed by atoms with E-state index < -0.39 is 0 Å². The number of aromatic nitrogens is 2. The van der Waals surface area contributed by atoms with Crippen molar-refractivity contribution in [3.05, 3.63) is 18.1 Å². The first-order valence-corrected chi connectivity index (χ1v) is 3.09. The van der Waals surface area contributed by atoms with E-state index in [0.717, 1.165) is 12.0 Å². The van der Waals surface area contributed by atoms with E-state index >= 15 is 0 Å². The van der Waals surface area contributed by atoms with Crippen LogP contribution in [0.5, 0.6) is 0 Å². The summed E-state index contributed by atoms with van der Waals surface area (Å²) in [5.41, 5.74) is 11.7. The summed E-state index contributed by atoms with van der Waals surface area (Å²) in [6.07, 6.45) is 3.86. The predicted molar refractivity (Wildman–Crippen MR) is 39.2 cm³/mol. The van der Waals surface area contributed by atoms with Gasteiger partial charge in [0.25, 0.3) is 0 Å². The van der Waals surface area contributed by atoms with Crippen LogP contribution in [-0.4, -0.2) is 16.5 Å². The van der Waals surface area contributed by atoms with Crippen molar-refractivity contribution >= 4 is 5.82 Å². The number of nitrogens with two attached hydrogens (primary N) is 2. The molecule has 0 fully saturated rings. The molecule has 0 aliphatic heterocycles. The second kappa shape index (κ2) is 3.12. The Balaban J connectivity index is 2.81. The van der Waals surface area contributed by atoms with Crippen molar-refractivity contribution in [1.29, 1.82) is 0 Å². The lowest BCUT2D eigenvalue weighted by molar-refractivity contribution is 0.946. The first-order valence-electron chi connectivity index (χ1n) is 3.09. The lowest BCUT2D eigenvalue weighted by atomic mass is 10.2. The van der Waals surface area contributed by atoms with Crippen molar-refractivity contribution in [1.82, 2.24) is 9.97 Å². The van der Waals surface area contributed by atoms with E-state index in [-0.39, 0.29) is 0 Å². The van der Waals surface area contributed by atoms with Crippen LogP contribution in [0, 0.1) is 0 Å². The molecular formula is C6H10N4. The fourth-order valence-corrected chi connectivity index (χ4v) is 0.716. The fourth-order valence-electron chi connectivity index (χ4n) is 0.716. The molecule has 0 aliphatic rings.